The SMILES string of the molecule is O=C(NC1CCCCC1)c1cc(O)cc(-c2ccc3c(c2)OCO3)c1. The van der Waals surface area contributed by atoms with E-state index in [0.29, 0.717) is 17.1 Å². The molecule has 0 bridgehead atoms. The van der Waals surface area contributed by atoms with Crippen LogP contribution in [-0.4, -0.2) is 23.8 Å². The maximum absolute atomic E-state index is 12.6. The Labute approximate surface area is 146 Å². The Morgan fingerprint density at radius 1 is 0.960 bits per heavy atom. The predicted molar refractivity (Wildman–Crippen MR) is 94.0 cm³/mol. The van der Waals surface area contributed by atoms with E-state index in [2.05, 4.69) is 5.32 Å². The number of phenols is 1. The number of aromatic hydroxyl groups is 1. The van der Waals surface area contributed by atoms with E-state index in [4.69, 9.17) is 9.47 Å². The molecule has 2 aromatic rings. The van der Waals surface area contributed by atoms with Gasteiger partial charge in [0.05, 0.1) is 0 Å². The molecule has 0 radical (unpaired) electrons. The molecule has 130 valence electrons. The molecular weight excluding hydrogens is 318 g/mol. The minimum atomic E-state index is -0.134. The van der Waals surface area contributed by atoms with Crippen LogP contribution in [0.4, 0.5) is 0 Å². The van der Waals surface area contributed by atoms with Gasteiger partial charge in [0, 0.05) is 11.6 Å². The topological polar surface area (TPSA) is 67.8 Å². The number of ether oxygens (including phenoxy) is 2. The molecule has 1 amide bonds. The van der Waals surface area contributed by atoms with Crippen LogP contribution in [0.25, 0.3) is 11.1 Å². The molecule has 0 saturated heterocycles. The minimum Gasteiger partial charge on any atom is -0.508 e. The lowest BCUT2D eigenvalue weighted by Crippen LogP contribution is -2.36. The number of fused-ring (bicyclic) bond motifs is 1. The molecular formula is C20H21NO4. The fourth-order valence-corrected chi connectivity index (χ4v) is 3.50. The molecule has 0 atom stereocenters. The number of benzene rings is 2. The zero-order valence-electron chi connectivity index (χ0n) is 14.0. The number of carbonyl (C=O) groups excluding carboxylic acids is 1. The van der Waals surface area contributed by atoms with Crippen molar-refractivity contribution < 1.29 is 19.4 Å². The monoisotopic (exact) mass is 339 g/mol. The van der Waals surface area contributed by atoms with E-state index < -0.39 is 0 Å². The number of carbonyl (C=O) groups is 1. The van der Waals surface area contributed by atoms with Crippen LogP contribution in [0.5, 0.6) is 17.2 Å². The van der Waals surface area contributed by atoms with E-state index in [0.717, 1.165) is 36.8 Å². The lowest BCUT2D eigenvalue weighted by molar-refractivity contribution is 0.0927. The summed E-state index contributed by atoms with van der Waals surface area (Å²) in [6.07, 6.45) is 5.62. The predicted octanol–water partition coefficient (Wildman–Crippen LogP) is 3.85. The third-order valence-corrected chi connectivity index (χ3v) is 4.83. The molecule has 1 fully saturated rings. The molecule has 2 aromatic carbocycles. The number of rotatable bonds is 3. The number of phenolic OH excluding ortho intramolecular Hbond substituents is 1. The van der Waals surface area contributed by atoms with Crippen LogP contribution in [-0.2, 0) is 0 Å². The van der Waals surface area contributed by atoms with E-state index in [-0.39, 0.29) is 24.5 Å². The van der Waals surface area contributed by atoms with Crippen LogP contribution in [0.15, 0.2) is 36.4 Å². The van der Waals surface area contributed by atoms with E-state index in [1.165, 1.54) is 12.5 Å². The Hall–Kier alpha value is -2.69. The second-order valence-corrected chi connectivity index (χ2v) is 6.64. The van der Waals surface area contributed by atoms with Crippen LogP contribution < -0.4 is 14.8 Å². The second-order valence-electron chi connectivity index (χ2n) is 6.64. The highest BCUT2D eigenvalue weighted by molar-refractivity contribution is 5.96. The first-order chi connectivity index (χ1) is 12.2. The molecule has 4 rings (SSSR count). The number of nitrogens with one attached hydrogen (secondary N) is 1. The van der Waals surface area contributed by atoms with Gasteiger partial charge in [0.1, 0.15) is 5.75 Å². The first-order valence-electron chi connectivity index (χ1n) is 8.74. The minimum absolute atomic E-state index is 0.0731. The average Bonchev–Trinajstić information content (AvgIpc) is 3.09. The summed E-state index contributed by atoms with van der Waals surface area (Å²) in [5, 5.41) is 13.2. The van der Waals surface area contributed by atoms with Gasteiger partial charge in [0.15, 0.2) is 11.5 Å². The highest BCUT2D eigenvalue weighted by Gasteiger charge is 2.18. The van der Waals surface area contributed by atoms with Gasteiger partial charge in [-0.25, -0.2) is 0 Å². The molecule has 1 heterocycles. The highest BCUT2D eigenvalue weighted by atomic mass is 16.7. The van der Waals surface area contributed by atoms with E-state index in [1.54, 1.807) is 12.1 Å². The summed E-state index contributed by atoms with van der Waals surface area (Å²) in [4.78, 5) is 12.6. The normalized spacial score (nSPS) is 16.6. The molecule has 25 heavy (non-hydrogen) atoms. The fraction of sp³-hybridized carbons (Fsp3) is 0.350. The van der Waals surface area contributed by atoms with Gasteiger partial charge in [-0.05, 0) is 54.3 Å². The van der Waals surface area contributed by atoms with Gasteiger partial charge in [-0.3, -0.25) is 4.79 Å². The summed E-state index contributed by atoms with van der Waals surface area (Å²) in [7, 11) is 0. The number of hydrogen-bond donors (Lipinski definition) is 2. The van der Waals surface area contributed by atoms with Gasteiger partial charge in [0.25, 0.3) is 5.91 Å². The summed E-state index contributed by atoms with van der Waals surface area (Å²) in [5.74, 6) is 1.32. The summed E-state index contributed by atoms with van der Waals surface area (Å²) >= 11 is 0. The van der Waals surface area contributed by atoms with Crippen LogP contribution in [0.3, 0.4) is 0 Å². The van der Waals surface area contributed by atoms with Crippen molar-refractivity contribution in [2.24, 2.45) is 0 Å². The van der Waals surface area contributed by atoms with Gasteiger partial charge < -0.3 is 19.9 Å². The maximum Gasteiger partial charge on any atom is 0.251 e. The van der Waals surface area contributed by atoms with Gasteiger partial charge in [0.2, 0.25) is 6.79 Å². The fourth-order valence-electron chi connectivity index (χ4n) is 3.50. The number of hydrogen-bond acceptors (Lipinski definition) is 4. The van der Waals surface area contributed by atoms with E-state index in [1.807, 2.05) is 18.2 Å². The first-order valence-corrected chi connectivity index (χ1v) is 8.74. The Kier molecular flexibility index (Phi) is 4.22. The van der Waals surface area contributed by atoms with Crippen LogP contribution in [0.1, 0.15) is 42.5 Å². The summed E-state index contributed by atoms with van der Waals surface area (Å²) in [6, 6.07) is 10.8. The van der Waals surface area contributed by atoms with Crippen LogP contribution >= 0.6 is 0 Å². The Bertz CT molecular complexity index is 796. The lowest BCUT2D eigenvalue weighted by atomic mass is 9.95. The van der Waals surface area contributed by atoms with Crippen molar-refractivity contribution >= 4 is 5.91 Å². The van der Waals surface area contributed by atoms with Crippen molar-refractivity contribution in [2.75, 3.05) is 6.79 Å². The first kappa shape index (κ1) is 15.8. The standard InChI is InChI=1S/C20H21NO4/c22-17-9-14(13-6-7-18-19(11-13)25-12-24-18)8-15(10-17)20(23)21-16-4-2-1-3-5-16/h6-11,16,22H,1-5,12H2,(H,21,23). The summed E-state index contributed by atoms with van der Waals surface area (Å²) in [5.41, 5.74) is 2.11. The van der Waals surface area contributed by atoms with Crippen molar-refractivity contribution in [3.63, 3.8) is 0 Å². The molecule has 0 spiro atoms. The molecule has 1 saturated carbocycles. The third kappa shape index (κ3) is 3.40. The molecule has 1 aliphatic heterocycles. The molecule has 1 aliphatic carbocycles. The van der Waals surface area contributed by atoms with Gasteiger partial charge in [-0.2, -0.15) is 0 Å². The van der Waals surface area contributed by atoms with Crippen LogP contribution in [0, 0.1) is 0 Å². The van der Waals surface area contributed by atoms with Gasteiger partial charge in [-0.15, -0.1) is 0 Å². The lowest BCUT2D eigenvalue weighted by Gasteiger charge is -2.22. The third-order valence-electron chi connectivity index (χ3n) is 4.83. The molecule has 2 N–H and O–H groups in total. The zero-order chi connectivity index (χ0) is 17.2. The number of amides is 1. The Morgan fingerprint density at radius 2 is 1.76 bits per heavy atom. The van der Waals surface area contributed by atoms with Gasteiger partial charge in [-0.1, -0.05) is 25.3 Å². The Balaban J connectivity index is 1.58. The molecule has 2 aliphatic rings. The average molecular weight is 339 g/mol. The van der Waals surface area contributed by atoms with Gasteiger partial charge >= 0.3 is 0 Å². The van der Waals surface area contributed by atoms with Crippen molar-refractivity contribution in [1.82, 2.24) is 5.32 Å². The quantitative estimate of drug-likeness (QED) is 0.891. The molecule has 0 unspecified atom stereocenters. The maximum atomic E-state index is 12.6. The van der Waals surface area contributed by atoms with Crippen LogP contribution in [0.2, 0.25) is 0 Å². The van der Waals surface area contributed by atoms with Crippen molar-refractivity contribution in [3.05, 3.63) is 42.0 Å². The van der Waals surface area contributed by atoms with E-state index >= 15 is 0 Å². The molecule has 5 nitrogen and oxygen atoms in total. The largest absolute Gasteiger partial charge is 0.508 e. The van der Waals surface area contributed by atoms with Crippen molar-refractivity contribution in [3.8, 4) is 28.4 Å². The van der Waals surface area contributed by atoms with E-state index in [9.17, 15) is 9.90 Å². The zero-order valence-corrected chi connectivity index (χ0v) is 14.0. The summed E-state index contributed by atoms with van der Waals surface area (Å²) < 4.78 is 10.7. The summed E-state index contributed by atoms with van der Waals surface area (Å²) in [6.45, 7) is 0.216. The second kappa shape index (κ2) is 6.67. The highest BCUT2D eigenvalue weighted by Crippen LogP contribution is 2.36. The smallest absolute Gasteiger partial charge is 0.251 e. The Morgan fingerprint density at radius 3 is 2.60 bits per heavy atom. The molecule has 0 aromatic heterocycles. The van der Waals surface area contributed by atoms with Crippen molar-refractivity contribution in [1.29, 1.82) is 0 Å². The molecule has 5 heteroatoms. The van der Waals surface area contributed by atoms with Crippen molar-refractivity contribution in [2.45, 2.75) is 38.1 Å².